The van der Waals surface area contributed by atoms with Crippen molar-refractivity contribution in [2.45, 2.75) is 46.6 Å². The molecule has 5 nitrogen and oxygen atoms in total. The van der Waals surface area contributed by atoms with Crippen molar-refractivity contribution >= 4 is 23.2 Å². The Morgan fingerprint density at radius 1 is 1.00 bits per heavy atom. The van der Waals surface area contributed by atoms with Gasteiger partial charge in [0.05, 0.1) is 6.54 Å². The Morgan fingerprint density at radius 3 is 2.26 bits per heavy atom. The van der Waals surface area contributed by atoms with Gasteiger partial charge in [0.15, 0.2) is 0 Å². The first kappa shape index (κ1) is 20.5. The van der Waals surface area contributed by atoms with Crippen LogP contribution in [-0.2, 0) is 11.2 Å². The molecule has 0 saturated heterocycles. The predicted molar refractivity (Wildman–Crippen MR) is 111 cm³/mol. The van der Waals surface area contributed by atoms with Crippen molar-refractivity contribution < 1.29 is 9.59 Å². The first-order chi connectivity index (χ1) is 12.7. The van der Waals surface area contributed by atoms with Gasteiger partial charge in [0, 0.05) is 22.5 Å². The van der Waals surface area contributed by atoms with E-state index in [0.717, 1.165) is 28.9 Å². The van der Waals surface area contributed by atoms with Gasteiger partial charge in [0.2, 0.25) is 5.91 Å². The van der Waals surface area contributed by atoms with Crippen LogP contribution in [0.2, 0.25) is 0 Å². The zero-order valence-electron chi connectivity index (χ0n) is 16.8. The zero-order valence-corrected chi connectivity index (χ0v) is 16.8. The van der Waals surface area contributed by atoms with E-state index in [0.29, 0.717) is 5.56 Å². The maximum atomic E-state index is 12.3. The standard InChI is InChI=1S/C22H29N3O2/c1-6-16-9-7-8-15(2)20(16)24-19(26)14-23-18-12-10-17(11-13-18)21(27)25-22(3,4)5/h7-13,23H,6,14H2,1-5H3,(H,24,26)(H,25,27). The Bertz CT molecular complexity index is 805. The molecule has 2 aromatic carbocycles. The van der Waals surface area contributed by atoms with Gasteiger partial charge in [-0.25, -0.2) is 0 Å². The summed E-state index contributed by atoms with van der Waals surface area (Å²) < 4.78 is 0. The summed E-state index contributed by atoms with van der Waals surface area (Å²) in [5.41, 5.74) is 4.17. The van der Waals surface area contributed by atoms with Gasteiger partial charge in [-0.2, -0.15) is 0 Å². The van der Waals surface area contributed by atoms with Gasteiger partial charge in [-0.1, -0.05) is 25.1 Å². The van der Waals surface area contributed by atoms with Gasteiger partial charge in [0.1, 0.15) is 0 Å². The molecule has 0 aliphatic rings. The van der Waals surface area contributed by atoms with Crippen LogP contribution in [0.25, 0.3) is 0 Å². The first-order valence-corrected chi connectivity index (χ1v) is 9.24. The smallest absolute Gasteiger partial charge is 0.251 e. The van der Waals surface area contributed by atoms with E-state index in [1.165, 1.54) is 0 Å². The number of anilines is 2. The van der Waals surface area contributed by atoms with Crippen LogP contribution in [0, 0.1) is 6.92 Å². The topological polar surface area (TPSA) is 70.2 Å². The van der Waals surface area contributed by atoms with Crippen molar-refractivity contribution in [1.82, 2.24) is 5.32 Å². The van der Waals surface area contributed by atoms with E-state index in [1.54, 1.807) is 24.3 Å². The molecule has 0 heterocycles. The molecule has 2 rings (SSSR count). The van der Waals surface area contributed by atoms with E-state index >= 15 is 0 Å². The molecular formula is C22H29N3O2. The number of nitrogens with one attached hydrogen (secondary N) is 3. The van der Waals surface area contributed by atoms with Crippen LogP contribution in [0.15, 0.2) is 42.5 Å². The molecule has 3 N–H and O–H groups in total. The van der Waals surface area contributed by atoms with Crippen LogP contribution in [0.1, 0.15) is 49.2 Å². The monoisotopic (exact) mass is 367 g/mol. The summed E-state index contributed by atoms with van der Waals surface area (Å²) >= 11 is 0. The SMILES string of the molecule is CCc1cccc(C)c1NC(=O)CNc1ccc(C(=O)NC(C)(C)C)cc1. The maximum absolute atomic E-state index is 12.3. The number of amides is 2. The largest absolute Gasteiger partial charge is 0.376 e. The van der Waals surface area contributed by atoms with Gasteiger partial charge in [-0.05, 0) is 69.5 Å². The van der Waals surface area contributed by atoms with Gasteiger partial charge in [-0.3, -0.25) is 9.59 Å². The maximum Gasteiger partial charge on any atom is 0.251 e. The Labute approximate surface area is 161 Å². The Morgan fingerprint density at radius 2 is 1.67 bits per heavy atom. The highest BCUT2D eigenvalue weighted by Crippen LogP contribution is 2.21. The quantitative estimate of drug-likeness (QED) is 0.719. The average Bonchev–Trinajstić information content (AvgIpc) is 2.60. The first-order valence-electron chi connectivity index (χ1n) is 9.24. The van der Waals surface area contributed by atoms with Crippen LogP contribution in [0.3, 0.4) is 0 Å². The zero-order chi connectivity index (χ0) is 20.0. The predicted octanol–water partition coefficient (Wildman–Crippen LogP) is 4.14. The number of hydrogen-bond donors (Lipinski definition) is 3. The summed E-state index contributed by atoms with van der Waals surface area (Å²) in [7, 11) is 0. The van der Waals surface area contributed by atoms with E-state index in [-0.39, 0.29) is 23.9 Å². The van der Waals surface area contributed by atoms with E-state index < -0.39 is 0 Å². The molecule has 0 atom stereocenters. The average molecular weight is 367 g/mol. The second-order valence-corrected chi connectivity index (χ2v) is 7.65. The van der Waals surface area contributed by atoms with Gasteiger partial charge < -0.3 is 16.0 Å². The molecule has 0 aliphatic heterocycles. The fourth-order valence-electron chi connectivity index (χ4n) is 2.72. The van der Waals surface area contributed by atoms with Crippen molar-refractivity contribution in [3.8, 4) is 0 Å². The van der Waals surface area contributed by atoms with E-state index in [4.69, 9.17) is 0 Å². The molecule has 0 fully saturated rings. The van der Waals surface area contributed by atoms with Crippen molar-refractivity contribution in [1.29, 1.82) is 0 Å². The van der Waals surface area contributed by atoms with Crippen molar-refractivity contribution in [3.63, 3.8) is 0 Å². The lowest BCUT2D eigenvalue weighted by atomic mass is 10.1. The molecule has 0 unspecified atom stereocenters. The highest BCUT2D eigenvalue weighted by Gasteiger charge is 2.15. The third kappa shape index (κ3) is 6.13. The normalized spacial score (nSPS) is 11.0. The van der Waals surface area contributed by atoms with E-state index in [1.807, 2.05) is 45.9 Å². The summed E-state index contributed by atoms with van der Waals surface area (Å²) in [6, 6.07) is 13.1. The van der Waals surface area contributed by atoms with Crippen LogP contribution in [0.4, 0.5) is 11.4 Å². The summed E-state index contributed by atoms with van der Waals surface area (Å²) in [4.78, 5) is 24.4. The molecule has 0 aliphatic carbocycles. The van der Waals surface area contributed by atoms with Crippen LogP contribution >= 0.6 is 0 Å². The minimum absolute atomic E-state index is 0.103. The minimum Gasteiger partial charge on any atom is -0.376 e. The number of benzene rings is 2. The van der Waals surface area contributed by atoms with Crippen molar-refractivity contribution in [2.75, 3.05) is 17.2 Å². The summed E-state index contributed by atoms with van der Waals surface area (Å²) in [6.07, 6.45) is 0.864. The van der Waals surface area contributed by atoms with E-state index in [9.17, 15) is 9.59 Å². The number of hydrogen-bond acceptors (Lipinski definition) is 3. The fraction of sp³-hybridized carbons (Fsp3) is 0.364. The number of aryl methyl sites for hydroxylation is 2. The lowest BCUT2D eigenvalue weighted by Crippen LogP contribution is -2.40. The lowest BCUT2D eigenvalue weighted by Gasteiger charge is -2.20. The molecule has 27 heavy (non-hydrogen) atoms. The molecule has 0 saturated carbocycles. The molecule has 2 amide bonds. The number of carbonyl (C=O) groups is 2. The van der Waals surface area contributed by atoms with Crippen LogP contribution < -0.4 is 16.0 Å². The molecular weight excluding hydrogens is 338 g/mol. The number of rotatable bonds is 6. The molecule has 0 radical (unpaired) electrons. The number of carbonyl (C=O) groups excluding carboxylic acids is 2. The minimum atomic E-state index is -0.279. The molecule has 0 bridgehead atoms. The fourth-order valence-corrected chi connectivity index (χ4v) is 2.72. The number of para-hydroxylation sites is 1. The van der Waals surface area contributed by atoms with Gasteiger partial charge >= 0.3 is 0 Å². The highest BCUT2D eigenvalue weighted by atomic mass is 16.2. The second-order valence-electron chi connectivity index (χ2n) is 7.65. The third-order valence-corrected chi connectivity index (χ3v) is 4.09. The van der Waals surface area contributed by atoms with Crippen molar-refractivity contribution in [3.05, 3.63) is 59.2 Å². The lowest BCUT2D eigenvalue weighted by molar-refractivity contribution is -0.114. The second kappa shape index (κ2) is 8.71. The molecule has 2 aromatic rings. The van der Waals surface area contributed by atoms with Crippen molar-refractivity contribution in [2.24, 2.45) is 0 Å². The highest BCUT2D eigenvalue weighted by molar-refractivity contribution is 5.96. The molecule has 0 aromatic heterocycles. The van der Waals surface area contributed by atoms with E-state index in [2.05, 4.69) is 22.9 Å². The van der Waals surface area contributed by atoms with Crippen LogP contribution in [0.5, 0.6) is 0 Å². The molecule has 5 heteroatoms. The van der Waals surface area contributed by atoms with Crippen LogP contribution in [-0.4, -0.2) is 23.9 Å². The Kier molecular flexibility index (Phi) is 6.61. The third-order valence-electron chi connectivity index (χ3n) is 4.09. The molecule has 0 spiro atoms. The summed E-state index contributed by atoms with van der Waals surface area (Å²) in [5.74, 6) is -0.216. The summed E-state index contributed by atoms with van der Waals surface area (Å²) in [5, 5.41) is 9.01. The summed E-state index contributed by atoms with van der Waals surface area (Å²) in [6.45, 7) is 10.0. The Hall–Kier alpha value is -2.82. The van der Waals surface area contributed by atoms with Gasteiger partial charge in [-0.15, -0.1) is 0 Å². The van der Waals surface area contributed by atoms with Gasteiger partial charge in [0.25, 0.3) is 5.91 Å². The molecule has 144 valence electrons. The Balaban J connectivity index is 1.93.